The van der Waals surface area contributed by atoms with Crippen LogP contribution in [0.4, 0.5) is 26.2 Å². The Morgan fingerprint density at radius 3 is 2.61 bits per heavy atom. The number of aromatic nitrogens is 4. The van der Waals surface area contributed by atoms with Crippen molar-refractivity contribution < 1.29 is 17.2 Å². The molecule has 160 valence electrons. The van der Waals surface area contributed by atoms with E-state index < -0.39 is 21.5 Å². The molecule has 4 aromatic rings. The molecule has 8 nitrogen and oxygen atoms in total. The zero-order valence-corrected chi connectivity index (χ0v) is 17.6. The number of aromatic amines is 1. The average Bonchev–Trinajstić information content (AvgIpc) is 3.14. The van der Waals surface area contributed by atoms with Crippen molar-refractivity contribution in [1.29, 1.82) is 0 Å². The van der Waals surface area contributed by atoms with Crippen LogP contribution in [0, 0.1) is 18.6 Å². The summed E-state index contributed by atoms with van der Waals surface area (Å²) < 4.78 is 51.3. The molecule has 0 atom stereocenters. The van der Waals surface area contributed by atoms with Gasteiger partial charge >= 0.3 is 0 Å². The van der Waals surface area contributed by atoms with Crippen molar-refractivity contribution >= 4 is 38.2 Å². The van der Waals surface area contributed by atoms with Gasteiger partial charge in [0.25, 0.3) is 0 Å². The molecule has 2 aromatic carbocycles. The third-order valence-corrected chi connectivity index (χ3v) is 5.74. The van der Waals surface area contributed by atoms with E-state index in [0.29, 0.717) is 28.1 Å². The molecule has 0 radical (unpaired) electrons. The first kappa shape index (κ1) is 20.7. The van der Waals surface area contributed by atoms with Crippen LogP contribution in [-0.2, 0) is 9.84 Å². The van der Waals surface area contributed by atoms with Crippen molar-refractivity contribution in [3.05, 3.63) is 53.7 Å². The number of benzene rings is 2. The lowest BCUT2D eigenvalue weighted by atomic mass is 10.1. The lowest BCUT2D eigenvalue weighted by molar-refractivity contribution is 0.515. The summed E-state index contributed by atoms with van der Waals surface area (Å²) in [6.45, 7) is 1.79. The molecule has 0 saturated carbocycles. The van der Waals surface area contributed by atoms with Crippen molar-refractivity contribution in [3.8, 4) is 11.3 Å². The third-order valence-electron chi connectivity index (χ3n) is 4.65. The number of H-pyrrole nitrogens is 1. The molecule has 0 aliphatic carbocycles. The molecular formula is C20H18F2N6O2S. The van der Waals surface area contributed by atoms with Gasteiger partial charge < -0.3 is 10.6 Å². The average molecular weight is 444 g/mol. The summed E-state index contributed by atoms with van der Waals surface area (Å²) in [5, 5.41) is 12.9. The molecule has 2 aromatic heterocycles. The summed E-state index contributed by atoms with van der Waals surface area (Å²) >= 11 is 0. The first-order valence-electron chi connectivity index (χ1n) is 9.13. The Bertz CT molecular complexity index is 1420. The second-order valence-electron chi connectivity index (χ2n) is 6.99. The second kappa shape index (κ2) is 7.58. The Balaban J connectivity index is 1.74. The van der Waals surface area contributed by atoms with E-state index in [-0.39, 0.29) is 16.4 Å². The topological polar surface area (TPSA) is 113 Å². The third kappa shape index (κ3) is 3.91. The van der Waals surface area contributed by atoms with Crippen LogP contribution >= 0.6 is 0 Å². The maximum atomic E-state index is 14.0. The van der Waals surface area contributed by atoms with E-state index in [2.05, 4.69) is 30.8 Å². The lowest BCUT2D eigenvalue weighted by Crippen LogP contribution is -2.04. The van der Waals surface area contributed by atoms with Crippen LogP contribution in [0.15, 0.2) is 41.4 Å². The molecule has 11 heteroatoms. The van der Waals surface area contributed by atoms with Crippen LogP contribution in [0.5, 0.6) is 0 Å². The molecule has 0 spiro atoms. The van der Waals surface area contributed by atoms with Gasteiger partial charge in [-0.1, -0.05) is 0 Å². The van der Waals surface area contributed by atoms with Gasteiger partial charge in [0.05, 0.1) is 10.5 Å². The summed E-state index contributed by atoms with van der Waals surface area (Å²) in [7, 11) is -1.73. The number of hydrogen-bond acceptors (Lipinski definition) is 7. The van der Waals surface area contributed by atoms with Crippen LogP contribution < -0.4 is 10.6 Å². The van der Waals surface area contributed by atoms with Crippen LogP contribution in [-0.4, -0.2) is 41.9 Å². The first-order valence-corrected chi connectivity index (χ1v) is 11.0. The van der Waals surface area contributed by atoms with Gasteiger partial charge in [0.1, 0.15) is 17.0 Å². The number of anilines is 3. The van der Waals surface area contributed by atoms with E-state index >= 15 is 0 Å². The molecule has 2 heterocycles. The number of hydrogen-bond donors (Lipinski definition) is 3. The number of nitrogens with one attached hydrogen (secondary N) is 3. The van der Waals surface area contributed by atoms with E-state index in [1.165, 1.54) is 18.3 Å². The highest BCUT2D eigenvalue weighted by molar-refractivity contribution is 7.90. The summed E-state index contributed by atoms with van der Waals surface area (Å²) in [6, 6.07) is 7.30. The van der Waals surface area contributed by atoms with Gasteiger partial charge in [0.15, 0.2) is 21.5 Å². The van der Waals surface area contributed by atoms with Crippen molar-refractivity contribution in [2.75, 3.05) is 23.9 Å². The number of rotatable bonds is 5. The molecule has 0 bridgehead atoms. The molecule has 0 unspecified atom stereocenters. The van der Waals surface area contributed by atoms with Crippen LogP contribution in [0.25, 0.3) is 22.2 Å². The van der Waals surface area contributed by atoms with Gasteiger partial charge in [-0.2, -0.15) is 10.1 Å². The Morgan fingerprint density at radius 2 is 1.90 bits per heavy atom. The molecule has 4 rings (SSSR count). The summed E-state index contributed by atoms with van der Waals surface area (Å²) in [5.41, 5.74) is 2.06. The standard InChI is InChI=1S/C20H18F2N6O2S/c1-10-6-11(8-12(7-10)31(3,29)30)25-20-24-9-14(19(23-2)26-20)17-13-4-5-15(21)16(22)18(13)28-27-17/h4-9H,1-3H3,(H,27,28)(H2,23,24,25,26). The minimum atomic E-state index is -3.38. The van der Waals surface area contributed by atoms with E-state index in [0.717, 1.165) is 17.9 Å². The predicted octanol–water partition coefficient (Wildman–Crippen LogP) is 3.80. The Kier molecular flexibility index (Phi) is 5.05. The molecule has 0 aliphatic heterocycles. The maximum absolute atomic E-state index is 14.0. The number of halogens is 2. The summed E-state index contributed by atoms with van der Waals surface area (Å²) in [6.07, 6.45) is 2.63. The fraction of sp³-hybridized carbons (Fsp3) is 0.150. The fourth-order valence-electron chi connectivity index (χ4n) is 3.20. The Labute approximate surface area is 176 Å². The van der Waals surface area contributed by atoms with Gasteiger partial charge in [-0.05, 0) is 42.8 Å². The van der Waals surface area contributed by atoms with Gasteiger partial charge in [-0.15, -0.1) is 0 Å². The maximum Gasteiger partial charge on any atom is 0.229 e. The highest BCUT2D eigenvalue weighted by Crippen LogP contribution is 2.33. The fourth-order valence-corrected chi connectivity index (χ4v) is 3.94. The van der Waals surface area contributed by atoms with Crippen LogP contribution in [0.1, 0.15) is 5.56 Å². The number of sulfone groups is 1. The normalized spacial score (nSPS) is 11.6. The van der Waals surface area contributed by atoms with Crippen LogP contribution in [0.2, 0.25) is 0 Å². The zero-order chi connectivity index (χ0) is 22.3. The van der Waals surface area contributed by atoms with Gasteiger partial charge in [0.2, 0.25) is 5.95 Å². The summed E-state index contributed by atoms with van der Waals surface area (Å²) in [4.78, 5) is 8.86. The smallest absolute Gasteiger partial charge is 0.229 e. The summed E-state index contributed by atoms with van der Waals surface area (Å²) in [5.74, 6) is -1.37. The van der Waals surface area contributed by atoms with Crippen molar-refractivity contribution in [1.82, 2.24) is 20.2 Å². The van der Waals surface area contributed by atoms with E-state index in [9.17, 15) is 17.2 Å². The number of aryl methyl sites for hydroxylation is 1. The van der Waals surface area contributed by atoms with E-state index in [4.69, 9.17) is 0 Å². The molecule has 3 N–H and O–H groups in total. The Morgan fingerprint density at radius 1 is 1.13 bits per heavy atom. The molecule has 0 aliphatic rings. The second-order valence-corrected chi connectivity index (χ2v) is 9.01. The van der Waals surface area contributed by atoms with Gasteiger partial charge in [-0.3, -0.25) is 5.10 Å². The molecular weight excluding hydrogens is 426 g/mol. The monoisotopic (exact) mass is 444 g/mol. The van der Waals surface area contributed by atoms with Crippen molar-refractivity contribution in [2.24, 2.45) is 0 Å². The van der Waals surface area contributed by atoms with E-state index in [1.807, 2.05) is 0 Å². The minimum absolute atomic E-state index is 0.0488. The quantitative estimate of drug-likeness (QED) is 0.429. The lowest BCUT2D eigenvalue weighted by Gasteiger charge is -2.11. The Hall–Kier alpha value is -3.60. The predicted molar refractivity (Wildman–Crippen MR) is 114 cm³/mol. The van der Waals surface area contributed by atoms with Gasteiger partial charge in [-0.25, -0.2) is 22.2 Å². The zero-order valence-electron chi connectivity index (χ0n) is 16.8. The molecule has 0 saturated heterocycles. The number of nitrogens with zero attached hydrogens (tertiary/aromatic N) is 3. The largest absolute Gasteiger partial charge is 0.372 e. The van der Waals surface area contributed by atoms with Crippen molar-refractivity contribution in [2.45, 2.75) is 11.8 Å². The molecule has 31 heavy (non-hydrogen) atoms. The number of fused-ring (bicyclic) bond motifs is 1. The minimum Gasteiger partial charge on any atom is -0.372 e. The molecule has 0 fully saturated rings. The first-order chi connectivity index (χ1) is 14.7. The highest BCUT2D eigenvalue weighted by Gasteiger charge is 2.18. The van der Waals surface area contributed by atoms with Crippen molar-refractivity contribution in [3.63, 3.8) is 0 Å². The van der Waals surface area contributed by atoms with Crippen LogP contribution in [0.3, 0.4) is 0 Å². The van der Waals surface area contributed by atoms with Gasteiger partial charge in [0, 0.05) is 30.6 Å². The molecule has 0 amide bonds. The van der Waals surface area contributed by atoms with E-state index in [1.54, 1.807) is 26.1 Å². The SMILES string of the molecule is CNc1nc(Nc2cc(C)cc(S(C)(=O)=O)c2)ncc1-c1n[nH]c2c(F)c(F)ccc12. The highest BCUT2D eigenvalue weighted by atomic mass is 32.2.